The van der Waals surface area contributed by atoms with Gasteiger partial charge in [-0.05, 0) is 50.3 Å². The Bertz CT molecular complexity index is 634. The Kier molecular flexibility index (Phi) is 12.3. The number of hydrogen-bond acceptors (Lipinski definition) is 3. The molecule has 0 spiro atoms. The molecule has 0 aliphatic heterocycles. The average molecular weight is 481 g/mol. The average Bonchev–Trinajstić information content (AvgIpc) is 2.69. The van der Waals surface area contributed by atoms with Crippen LogP contribution in [0.5, 0.6) is 0 Å². The van der Waals surface area contributed by atoms with Gasteiger partial charge in [0.2, 0.25) is 0 Å². The van der Waals surface area contributed by atoms with Crippen molar-refractivity contribution in [1.29, 1.82) is 0 Å². The second-order valence-corrected chi connectivity index (χ2v) is 6.42. The van der Waals surface area contributed by atoms with E-state index in [9.17, 15) is 0 Å². The van der Waals surface area contributed by atoms with Crippen LogP contribution in [0, 0.1) is 0 Å². The van der Waals surface area contributed by atoms with Gasteiger partial charge in [-0.1, -0.05) is 36.4 Å². The molecule has 1 aromatic carbocycles. The number of aryl methyl sites for hydroxylation is 1. The number of hydrogen-bond donors (Lipinski definition) is 3. The Hall–Kier alpha value is -1.83. The second kappa shape index (κ2) is 14.3. The summed E-state index contributed by atoms with van der Waals surface area (Å²) >= 11 is 0. The zero-order valence-electron chi connectivity index (χ0n) is 16.3. The van der Waals surface area contributed by atoms with E-state index in [-0.39, 0.29) is 24.0 Å². The van der Waals surface area contributed by atoms with Crippen molar-refractivity contribution in [2.75, 3.05) is 25.5 Å². The van der Waals surface area contributed by atoms with Gasteiger partial charge in [0.15, 0.2) is 5.96 Å². The van der Waals surface area contributed by atoms with E-state index in [2.05, 4.69) is 63.2 Å². The molecule has 3 N–H and O–H groups in total. The van der Waals surface area contributed by atoms with Gasteiger partial charge in [-0.25, -0.2) is 4.98 Å². The fourth-order valence-electron chi connectivity index (χ4n) is 2.67. The molecule has 0 saturated carbocycles. The number of nitrogens with zero attached hydrogens (tertiary/aromatic N) is 2. The van der Waals surface area contributed by atoms with Crippen molar-refractivity contribution in [3.8, 4) is 0 Å². The van der Waals surface area contributed by atoms with Gasteiger partial charge in [0.05, 0.1) is 0 Å². The number of aromatic nitrogens is 1. The first kappa shape index (κ1) is 23.2. The molecule has 0 bridgehead atoms. The minimum Gasteiger partial charge on any atom is -0.370 e. The molecule has 27 heavy (non-hydrogen) atoms. The molecule has 6 heteroatoms. The highest BCUT2D eigenvalue weighted by molar-refractivity contribution is 14.0. The van der Waals surface area contributed by atoms with Gasteiger partial charge in [0, 0.05) is 32.4 Å². The summed E-state index contributed by atoms with van der Waals surface area (Å²) in [5, 5.41) is 10.2. The highest BCUT2D eigenvalue weighted by Crippen LogP contribution is 2.04. The first-order chi connectivity index (χ1) is 12.8. The highest BCUT2D eigenvalue weighted by Gasteiger charge is 2.05. The summed E-state index contributed by atoms with van der Waals surface area (Å²) in [6, 6.07) is 16.9. The molecular formula is C21H32IN5. The van der Waals surface area contributed by atoms with Crippen molar-refractivity contribution < 1.29 is 0 Å². The molecule has 1 unspecified atom stereocenters. The predicted octanol–water partition coefficient (Wildman–Crippen LogP) is 4.08. The van der Waals surface area contributed by atoms with Crippen LogP contribution in [0.25, 0.3) is 0 Å². The summed E-state index contributed by atoms with van der Waals surface area (Å²) in [6.45, 7) is 4.04. The van der Waals surface area contributed by atoms with Gasteiger partial charge < -0.3 is 16.0 Å². The molecule has 0 radical (unpaired) electrons. The highest BCUT2D eigenvalue weighted by atomic mass is 127. The van der Waals surface area contributed by atoms with Crippen LogP contribution in [0.15, 0.2) is 59.7 Å². The topological polar surface area (TPSA) is 61.3 Å². The maximum atomic E-state index is 4.32. The maximum absolute atomic E-state index is 4.32. The number of pyridine rings is 1. The quantitative estimate of drug-likeness (QED) is 0.207. The lowest BCUT2D eigenvalue weighted by atomic mass is 10.1. The van der Waals surface area contributed by atoms with Crippen molar-refractivity contribution >= 4 is 35.8 Å². The Morgan fingerprint density at radius 1 is 1.04 bits per heavy atom. The number of halogens is 1. The molecular weight excluding hydrogens is 449 g/mol. The summed E-state index contributed by atoms with van der Waals surface area (Å²) in [5.74, 6) is 1.81. The molecule has 1 aromatic heterocycles. The Morgan fingerprint density at radius 3 is 2.48 bits per heavy atom. The first-order valence-electron chi connectivity index (χ1n) is 9.44. The normalized spacial score (nSPS) is 12.0. The SMILES string of the molecule is CN=C(NCCCCNc1ccccn1)NC(C)CCc1ccccc1.I. The minimum atomic E-state index is 0. The van der Waals surface area contributed by atoms with E-state index >= 15 is 0 Å². The van der Waals surface area contributed by atoms with Crippen LogP contribution in [-0.4, -0.2) is 37.1 Å². The van der Waals surface area contributed by atoms with Gasteiger partial charge in [-0.2, -0.15) is 0 Å². The lowest BCUT2D eigenvalue weighted by Crippen LogP contribution is -2.42. The van der Waals surface area contributed by atoms with Crippen molar-refractivity contribution in [2.24, 2.45) is 4.99 Å². The van der Waals surface area contributed by atoms with Crippen molar-refractivity contribution in [3.63, 3.8) is 0 Å². The molecule has 0 aliphatic rings. The Labute approximate surface area is 180 Å². The Balaban J connectivity index is 0.00000364. The monoisotopic (exact) mass is 481 g/mol. The van der Waals surface area contributed by atoms with Gasteiger partial charge in [-0.15, -0.1) is 24.0 Å². The van der Waals surface area contributed by atoms with Crippen molar-refractivity contribution in [1.82, 2.24) is 15.6 Å². The van der Waals surface area contributed by atoms with Crippen LogP contribution < -0.4 is 16.0 Å². The molecule has 2 aromatic rings. The van der Waals surface area contributed by atoms with Crippen LogP contribution in [0.3, 0.4) is 0 Å². The lowest BCUT2D eigenvalue weighted by molar-refractivity contribution is 0.590. The molecule has 0 fully saturated rings. The molecule has 0 saturated heterocycles. The third-order valence-electron chi connectivity index (χ3n) is 4.18. The molecule has 0 aliphatic carbocycles. The van der Waals surface area contributed by atoms with E-state index in [1.165, 1.54) is 5.56 Å². The Morgan fingerprint density at radius 2 is 1.78 bits per heavy atom. The first-order valence-corrected chi connectivity index (χ1v) is 9.44. The maximum Gasteiger partial charge on any atom is 0.191 e. The zero-order chi connectivity index (χ0) is 18.5. The summed E-state index contributed by atoms with van der Waals surface area (Å²) in [6.07, 6.45) is 6.13. The van der Waals surface area contributed by atoms with Crippen molar-refractivity contribution in [3.05, 3.63) is 60.3 Å². The van der Waals surface area contributed by atoms with Crippen molar-refractivity contribution in [2.45, 2.75) is 38.6 Å². The van der Waals surface area contributed by atoms with Crippen LogP contribution in [0.4, 0.5) is 5.82 Å². The summed E-state index contributed by atoms with van der Waals surface area (Å²) in [5.41, 5.74) is 1.38. The molecule has 0 amide bonds. The number of unbranched alkanes of at least 4 members (excludes halogenated alkanes) is 1. The van der Waals surface area contributed by atoms with Crippen LogP contribution in [0.1, 0.15) is 31.7 Å². The van der Waals surface area contributed by atoms with E-state index in [4.69, 9.17) is 0 Å². The van der Waals surface area contributed by atoms with Gasteiger partial charge >= 0.3 is 0 Å². The molecule has 148 valence electrons. The van der Waals surface area contributed by atoms with Crippen LogP contribution in [0.2, 0.25) is 0 Å². The summed E-state index contributed by atoms with van der Waals surface area (Å²) in [7, 11) is 1.82. The number of nitrogens with one attached hydrogen (secondary N) is 3. The van der Waals surface area contributed by atoms with E-state index < -0.39 is 0 Å². The third kappa shape index (κ3) is 10.2. The van der Waals surface area contributed by atoms with E-state index in [0.29, 0.717) is 6.04 Å². The van der Waals surface area contributed by atoms with Gasteiger partial charge in [0.1, 0.15) is 5.82 Å². The summed E-state index contributed by atoms with van der Waals surface area (Å²) in [4.78, 5) is 8.57. The van der Waals surface area contributed by atoms with E-state index in [0.717, 1.165) is 50.6 Å². The number of anilines is 1. The largest absolute Gasteiger partial charge is 0.370 e. The van der Waals surface area contributed by atoms with Crippen LogP contribution in [-0.2, 0) is 6.42 Å². The molecule has 1 atom stereocenters. The summed E-state index contributed by atoms with van der Waals surface area (Å²) < 4.78 is 0. The fraction of sp³-hybridized carbons (Fsp3) is 0.429. The molecule has 5 nitrogen and oxygen atoms in total. The van der Waals surface area contributed by atoms with Gasteiger partial charge in [-0.3, -0.25) is 4.99 Å². The molecule has 1 heterocycles. The van der Waals surface area contributed by atoms with E-state index in [1.54, 1.807) is 6.20 Å². The zero-order valence-corrected chi connectivity index (χ0v) is 18.6. The number of aliphatic imine (C=N–C) groups is 1. The molecule has 2 rings (SSSR count). The number of benzene rings is 1. The number of rotatable bonds is 10. The smallest absolute Gasteiger partial charge is 0.191 e. The minimum absolute atomic E-state index is 0. The standard InChI is InChI=1S/C21H31N5.HI/c1-18(13-14-19-10-4-3-5-11-19)26-21(22-2)25-17-9-8-16-24-20-12-6-7-15-23-20;/h3-7,10-12,15,18H,8-9,13-14,16-17H2,1-2H3,(H,23,24)(H2,22,25,26);1H. The number of guanidine groups is 1. The fourth-order valence-corrected chi connectivity index (χ4v) is 2.67. The predicted molar refractivity (Wildman–Crippen MR) is 126 cm³/mol. The van der Waals surface area contributed by atoms with E-state index in [1.807, 2.05) is 25.2 Å². The van der Waals surface area contributed by atoms with Gasteiger partial charge in [0.25, 0.3) is 0 Å². The lowest BCUT2D eigenvalue weighted by Gasteiger charge is -2.18. The van der Waals surface area contributed by atoms with Crippen LogP contribution >= 0.6 is 24.0 Å². The second-order valence-electron chi connectivity index (χ2n) is 6.42. The third-order valence-corrected chi connectivity index (χ3v) is 4.18.